The highest BCUT2D eigenvalue weighted by Crippen LogP contribution is 2.28. The number of rotatable bonds is 4. The molecule has 4 nitrogen and oxygen atoms in total. The largest absolute Gasteiger partial charge is 0.340 e. The molecule has 1 aliphatic rings. The van der Waals surface area contributed by atoms with Gasteiger partial charge in [-0.25, -0.2) is 0 Å². The molecule has 1 heterocycles. The molecule has 0 radical (unpaired) electrons. The molecule has 4 heteroatoms. The quantitative estimate of drug-likeness (QED) is 0.873. The molecule has 2 atom stereocenters. The van der Waals surface area contributed by atoms with Crippen molar-refractivity contribution in [3.05, 3.63) is 11.7 Å². The molecule has 1 aliphatic carbocycles. The molecule has 0 saturated heterocycles. The lowest BCUT2D eigenvalue weighted by molar-refractivity contribution is 0.239. The van der Waals surface area contributed by atoms with Crippen LogP contribution in [0.3, 0.4) is 0 Å². The van der Waals surface area contributed by atoms with Crippen LogP contribution in [0.2, 0.25) is 0 Å². The van der Waals surface area contributed by atoms with E-state index in [9.17, 15) is 0 Å². The van der Waals surface area contributed by atoms with Crippen molar-refractivity contribution in [2.24, 2.45) is 11.8 Å². The summed E-state index contributed by atoms with van der Waals surface area (Å²) in [6.45, 7) is 7.48. The number of nitrogens with one attached hydrogen (secondary N) is 1. The van der Waals surface area contributed by atoms with Crippen LogP contribution < -0.4 is 5.32 Å². The summed E-state index contributed by atoms with van der Waals surface area (Å²) in [5.41, 5.74) is 0. The van der Waals surface area contributed by atoms with Gasteiger partial charge >= 0.3 is 0 Å². The molecule has 0 spiro atoms. The van der Waals surface area contributed by atoms with E-state index in [1.54, 1.807) is 0 Å². The van der Waals surface area contributed by atoms with Gasteiger partial charge in [0.2, 0.25) is 5.89 Å². The third-order valence-corrected chi connectivity index (χ3v) is 3.53. The second kappa shape index (κ2) is 5.63. The molecule has 1 fully saturated rings. The topological polar surface area (TPSA) is 51.0 Å². The van der Waals surface area contributed by atoms with E-state index in [0.717, 1.165) is 30.6 Å². The van der Waals surface area contributed by atoms with Crippen molar-refractivity contribution < 1.29 is 4.52 Å². The summed E-state index contributed by atoms with van der Waals surface area (Å²) in [6.07, 6.45) is 4.84. The first-order valence-corrected chi connectivity index (χ1v) is 6.66. The fourth-order valence-corrected chi connectivity index (χ4v) is 2.94. The SMILES string of the molecule is Cc1nc(CCNC2CC(C)CC(C)C2)no1. The van der Waals surface area contributed by atoms with Gasteiger partial charge in [0.15, 0.2) is 5.82 Å². The molecule has 1 aromatic heterocycles. The minimum absolute atomic E-state index is 0.653. The molecule has 0 aliphatic heterocycles. The number of hydrogen-bond donors (Lipinski definition) is 1. The summed E-state index contributed by atoms with van der Waals surface area (Å²) in [5.74, 6) is 3.17. The zero-order chi connectivity index (χ0) is 12.3. The summed E-state index contributed by atoms with van der Waals surface area (Å²) in [7, 11) is 0. The van der Waals surface area contributed by atoms with Crippen LogP contribution in [0, 0.1) is 18.8 Å². The van der Waals surface area contributed by atoms with Gasteiger partial charge in [-0.1, -0.05) is 19.0 Å². The van der Waals surface area contributed by atoms with E-state index in [1.807, 2.05) is 6.92 Å². The highest BCUT2D eigenvalue weighted by molar-refractivity contribution is 4.86. The highest BCUT2D eigenvalue weighted by atomic mass is 16.5. The van der Waals surface area contributed by atoms with E-state index in [4.69, 9.17) is 4.52 Å². The van der Waals surface area contributed by atoms with Crippen molar-refractivity contribution in [2.45, 2.75) is 52.5 Å². The van der Waals surface area contributed by atoms with Crippen LogP contribution >= 0.6 is 0 Å². The molecule has 1 aromatic rings. The Morgan fingerprint density at radius 1 is 1.24 bits per heavy atom. The van der Waals surface area contributed by atoms with Crippen molar-refractivity contribution in [2.75, 3.05) is 6.54 Å². The maximum absolute atomic E-state index is 4.95. The van der Waals surface area contributed by atoms with Crippen LogP contribution in [-0.4, -0.2) is 22.7 Å². The molecule has 0 bridgehead atoms. The number of nitrogens with zero attached hydrogens (tertiary/aromatic N) is 2. The summed E-state index contributed by atoms with van der Waals surface area (Å²) in [4.78, 5) is 4.21. The maximum Gasteiger partial charge on any atom is 0.223 e. The van der Waals surface area contributed by atoms with Crippen molar-refractivity contribution >= 4 is 0 Å². The molecule has 1 saturated carbocycles. The van der Waals surface area contributed by atoms with Gasteiger partial charge in [0.05, 0.1) is 0 Å². The second-order valence-corrected chi connectivity index (χ2v) is 5.55. The fraction of sp³-hybridized carbons (Fsp3) is 0.846. The van der Waals surface area contributed by atoms with E-state index in [1.165, 1.54) is 19.3 Å². The molecule has 1 N–H and O–H groups in total. The van der Waals surface area contributed by atoms with E-state index < -0.39 is 0 Å². The Balaban J connectivity index is 1.71. The van der Waals surface area contributed by atoms with E-state index in [2.05, 4.69) is 29.3 Å². The second-order valence-electron chi connectivity index (χ2n) is 5.55. The van der Waals surface area contributed by atoms with Crippen LogP contribution in [0.25, 0.3) is 0 Å². The minimum atomic E-state index is 0.653. The number of aryl methyl sites for hydroxylation is 1. The van der Waals surface area contributed by atoms with Crippen molar-refractivity contribution in [3.63, 3.8) is 0 Å². The van der Waals surface area contributed by atoms with E-state index in [-0.39, 0.29) is 0 Å². The molecule has 2 unspecified atom stereocenters. The predicted octanol–water partition coefficient (Wildman–Crippen LogP) is 2.33. The predicted molar refractivity (Wildman–Crippen MR) is 66.7 cm³/mol. The molecule has 0 aromatic carbocycles. The zero-order valence-electron chi connectivity index (χ0n) is 11.1. The van der Waals surface area contributed by atoms with Crippen LogP contribution in [0.5, 0.6) is 0 Å². The van der Waals surface area contributed by atoms with Gasteiger partial charge in [0.1, 0.15) is 0 Å². The summed E-state index contributed by atoms with van der Waals surface area (Å²) in [5, 5.41) is 7.52. The molecule has 96 valence electrons. The highest BCUT2D eigenvalue weighted by Gasteiger charge is 2.23. The van der Waals surface area contributed by atoms with Gasteiger partial charge in [-0.3, -0.25) is 0 Å². The van der Waals surface area contributed by atoms with Crippen molar-refractivity contribution in [3.8, 4) is 0 Å². The lowest BCUT2D eigenvalue weighted by atomic mass is 9.80. The third kappa shape index (κ3) is 3.80. The first kappa shape index (κ1) is 12.6. The first-order valence-electron chi connectivity index (χ1n) is 6.66. The minimum Gasteiger partial charge on any atom is -0.340 e. The number of hydrogen-bond acceptors (Lipinski definition) is 4. The Bertz CT molecular complexity index is 340. The summed E-state index contributed by atoms with van der Waals surface area (Å²) < 4.78 is 4.95. The molecule has 0 amide bonds. The smallest absolute Gasteiger partial charge is 0.223 e. The average molecular weight is 237 g/mol. The van der Waals surface area contributed by atoms with Gasteiger partial charge in [-0.05, 0) is 31.1 Å². The van der Waals surface area contributed by atoms with Crippen LogP contribution in [-0.2, 0) is 6.42 Å². The molecule has 17 heavy (non-hydrogen) atoms. The normalized spacial score (nSPS) is 29.5. The molecular weight excluding hydrogens is 214 g/mol. The van der Waals surface area contributed by atoms with Crippen LogP contribution in [0.4, 0.5) is 0 Å². The van der Waals surface area contributed by atoms with Gasteiger partial charge in [0, 0.05) is 25.9 Å². The van der Waals surface area contributed by atoms with Gasteiger partial charge in [-0.2, -0.15) is 4.98 Å². The average Bonchev–Trinajstić information content (AvgIpc) is 2.63. The van der Waals surface area contributed by atoms with Gasteiger partial charge < -0.3 is 9.84 Å². The monoisotopic (exact) mass is 237 g/mol. The van der Waals surface area contributed by atoms with E-state index in [0.29, 0.717) is 11.9 Å². The van der Waals surface area contributed by atoms with Crippen LogP contribution in [0.15, 0.2) is 4.52 Å². The zero-order valence-corrected chi connectivity index (χ0v) is 11.1. The summed E-state index contributed by atoms with van der Waals surface area (Å²) >= 11 is 0. The lowest BCUT2D eigenvalue weighted by Gasteiger charge is -2.32. The Morgan fingerprint density at radius 2 is 1.94 bits per heavy atom. The van der Waals surface area contributed by atoms with Gasteiger partial charge in [0.25, 0.3) is 0 Å². The Morgan fingerprint density at radius 3 is 2.53 bits per heavy atom. The number of aromatic nitrogens is 2. The Kier molecular flexibility index (Phi) is 4.15. The fourth-order valence-electron chi connectivity index (χ4n) is 2.94. The maximum atomic E-state index is 4.95. The lowest BCUT2D eigenvalue weighted by Crippen LogP contribution is -2.37. The molecular formula is C13H23N3O. The van der Waals surface area contributed by atoms with E-state index >= 15 is 0 Å². The third-order valence-electron chi connectivity index (χ3n) is 3.53. The van der Waals surface area contributed by atoms with Crippen LogP contribution in [0.1, 0.15) is 44.8 Å². The molecule has 2 rings (SSSR count). The summed E-state index contributed by atoms with van der Waals surface area (Å²) in [6, 6.07) is 0.668. The first-order chi connectivity index (χ1) is 8.13. The van der Waals surface area contributed by atoms with Crippen molar-refractivity contribution in [1.82, 2.24) is 15.5 Å². The standard InChI is InChI=1S/C13H23N3O/c1-9-6-10(2)8-12(7-9)14-5-4-13-15-11(3)17-16-13/h9-10,12,14H,4-8H2,1-3H3. The van der Waals surface area contributed by atoms with Gasteiger partial charge in [-0.15, -0.1) is 0 Å². The van der Waals surface area contributed by atoms with Crippen molar-refractivity contribution in [1.29, 1.82) is 0 Å². The Hall–Kier alpha value is -0.900. The Labute approximate surface area is 103 Å².